The van der Waals surface area contributed by atoms with Crippen molar-refractivity contribution in [2.24, 2.45) is 11.1 Å². The van der Waals surface area contributed by atoms with Crippen LogP contribution in [0.3, 0.4) is 0 Å². The molecule has 1 amide bonds. The SMILES string of the molecule is CCCC(N)C(=O)NCC1(C)CC1. The summed E-state index contributed by atoms with van der Waals surface area (Å²) in [6.07, 6.45) is 4.21. The van der Waals surface area contributed by atoms with Gasteiger partial charge in [0.1, 0.15) is 0 Å². The second-order valence-corrected chi connectivity index (χ2v) is 4.42. The third-order valence-electron chi connectivity index (χ3n) is 2.73. The first kappa shape index (κ1) is 10.5. The normalized spacial score (nSPS) is 20.8. The standard InChI is InChI=1S/C10H20N2O/c1-3-4-8(11)9(13)12-7-10(2)5-6-10/h8H,3-7,11H2,1-2H3,(H,12,13). The van der Waals surface area contributed by atoms with Gasteiger partial charge in [-0.05, 0) is 24.7 Å². The monoisotopic (exact) mass is 184 g/mol. The van der Waals surface area contributed by atoms with Crippen LogP contribution in [0.2, 0.25) is 0 Å². The van der Waals surface area contributed by atoms with E-state index in [1.807, 2.05) is 6.92 Å². The molecule has 3 N–H and O–H groups in total. The summed E-state index contributed by atoms with van der Waals surface area (Å²) in [4.78, 5) is 11.4. The molecule has 0 radical (unpaired) electrons. The summed E-state index contributed by atoms with van der Waals surface area (Å²) in [5, 5.41) is 2.91. The van der Waals surface area contributed by atoms with Gasteiger partial charge < -0.3 is 11.1 Å². The molecule has 1 fully saturated rings. The Morgan fingerprint density at radius 3 is 2.69 bits per heavy atom. The summed E-state index contributed by atoms with van der Waals surface area (Å²) in [5.74, 6) is 0.00924. The molecule has 76 valence electrons. The van der Waals surface area contributed by atoms with Crippen molar-refractivity contribution in [1.82, 2.24) is 5.32 Å². The lowest BCUT2D eigenvalue weighted by molar-refractivity contribution is -0.122. The Balaban J connectivity index is 2.16. The minimum absolute atomic E-state index is 0.00924. The molecule has 3 nitrogen and oxygen atoms in total. The predicted octanol–water partition coefficient (Wildman–Crippen LogP) is 1.03. The van der Waals surface area contributed by atoms with Gasteiger partial charge in [-0.15, -0.1) is 0 Å². The van der Waals surface area contributed by atoms with Gasteiger partial charge in [-0.2, -0.15) is 0 Å². The van der Waals surface area contributed by atoms with Crippen LogP contribution in [0.4, 0.5) is 0 Å². The minimum Gasteiger partial charge on any atom is -0.354 e. The molecule has 1 rings (SSSR count). The topological polar surface area (TPSA) is 55.1 Å². The fraction of sp³-hybridized carbons (Fsp3) is 0.900. The summed E-state index contributed by atoms with van der Waals surface area (Å²) >= 11 is 0. The number of nitrogens with one attached hydrogen (secondary N) is 1. The lowest BCUT2D eigenvalue weighted by Gasteiger charge is -2.13. The van der Waals surface area contributed by atoms with Crippen LogP contribution in [0.15, 0.2) is 0 Å². The van der Waals surface area contributed by atoms with Crippen molar-refractivity contribution in [3.8, 4) is 0 Å². The van der Waals surface area contributed by atoms with Crippen LogP contribution in [0.5, 0.6) is 0 Å². The van der Waals surface area contributed by atoms with Crippen molar-refractivity contribution < 1.29 is 4.79 Å². The number of hydrogen-bond donors (Lipinski definition) is 2. The van der Waals surface area contributed by atoms with Gasteiger partial charge in [-0.1, -0.05) is 20.3 Å². The number of rotatable bonds is 5. The Morgan fingerprint density at radius 2 is 2.23 bits per heavy atom. The molecular formula is C10H20N2O. The van der Waals surface area contributed by atoms with Crippen molar-refractivity contribution in [3.05, 3.63) is 0 Å². The molecule has 0 spiro atoms. The number of nitrogens with two attached hydrogens (primary N) is 1. The molecule has 3 heteroatoms. The predicted molar refractivity (Wildman–Crippen MR) is 53.2 cm³/mol. The van der Waals surface area contributed by atoms with Gasteiger partial charge in [0.2, 0.25) is 5.91 Å². The zero-order chi connectivity index (χ0) is 9.90. The van der Waals surface area contributed by atoms with E-state index in [2.05, 4.69) is 12.2 Å². The van der Waals surface area contributed by atoms with Crippen molar-refractivity contribution in [3.63, 3.8) is 0 Å². The van der Waals surface area contributed by atoms with Crippen LogP contribution in [0.1, 0.15) is 39.5 Å². The average Bonchev–Trinajstić information content (AvgIpc) is 2.81. The first-order chi connectivity index (χ1) is 6.07. The Morgan fingerprint density at radius 1 is 1.62 bits per heavy atom. The van der Waals surface area contributed by atoms with Crippen LogP contribution >= 0.6 is 0 Å². The third kappa shape index (κ3) is 3.35. The minimum atomic E-state index is -0.313. The molecule has 0 bridgehead atoms. The van der Waals surface area contributed by atoms with E-state index in [4.69, 9.17) is 5.73 Å². The van der Waals surface area contributed by atoms with Gasteiger partial charge in [-0.25, -0.2) is 0 Å². The molecule has 1 atom stereocenters. The van der Waals surface area contributed by atoms with Crippen molar-refractivity contribution in [2.45, 2.75) is 45.6 Å². The zero-order valence-corrected chi connectivity index (χ0v) is 8.60. The van der Waals surface area contributed by atoms with Gasteiger partial charge in [0.05, 0.1) is 6.04 Å². The molecular weight excluding hydrogens is 164 g/mol. The maximum Gasteiger partial charge on any atom is 0.236 e. The lowest BCUT2D eigenvalue weighted by Crippen LogP contribution is -2.42. The van der Waals surface area contributed by atoms with E-state index in [0.717, 1.165) is 19.4 Å². The van der Waals surface area contributed by atoms with Crippen molar-refractivity contribution >= 4 is 5.91 Å². The molecule has 1 aliphatic rings. The third-order valence-corrected chi connectivity index (χ3v) is 2.73. The van der Waals surface area contributed by atoms with E-state index in [9.17, 15) is 4.79 Å². The van der Waals surface area contributed by atoms with Crippen LogP contribution in [-0.2, 0) is 4.79 Å². The Labute approximate surface area is 80.1 Å². The second-order valence-electron chi connectivity index (χ2n) is 4.42. The molecule has 0 aromatic carbocycles. The molecule has 1 aliphatic carbocycles. The highest BCUT2D eigenvalue weighted by Gasteiger charge is 2.37. The quantitative estimate of drug-likeness (QED) is 0.670. The Bertz CT molecular complexity index is 187. The van der Waals surface area contributed by atoms with Gasteiger partial charge in [-0.3, -0.25) is 4.79 Å². The highest BCUT2D eigenvalue weighted by Crippen LogP contribution is 2.43. The number of carbonyl (C=O) groups excluding carboxylic acids is 1. The number of hydrogen-bond acceptors (Lipinski definition) is 2. The van der Waals surface area contributed by atoms with E-state index in [1.54, 1.807) is 0 Å². The van der Waals surface area contributed by atoms with E-state index in [-0.39, 0.29) is 11.9 Å². The van der Waals surface area contributed by atoms with E-state index in [0.29, 0.717) is 5.41 Å². The summed E-state index contributed by atoms with van der Waals surface area (Å²) in [6, 6.07) is -0.313. The molecule has 1 saturated carbocycles. The van der Waals surface area contributed by atoms with Gasteiger partial charge in [0.15, 0.2) is 0 Å². The zero-order valence-electron chi connectivity index (χ0n) is 8.60. The fourth-order valence-electron chi connectivity index (χ4n) is 1.26. The van der Waals surface area contributed by atoms with Crippen LogP contribution in [-0.4, -0.2) is 18.5 Å². The van der Waals surface area contributed by atoms with E-state index >= 15 is 0 Å². The van der Waals surface area contributed by atoms with Crippen LogP contribution in [0.25, 0.3) is 0 Å². The van der Waals surface area contributed by atoms with Crippen molar-refractivity contribution in [1.29, 1.82) is 0 Å². The summed E-state index contributed by atoms with van der Waals surface area (Å²) < 4.78 is 0. The second kappa shape index (κ2) is 4.09. The molecule has 0 heterocycles. The highest BCUT2D eigenvalue weighted by molar-refractivity contribution is 5.81. The largest absolute Gasteiger partial charge is 0.354 e. The van der Waals surface area contributed by atoms with Crippen LogP contribution < -0.4 is 11.1 Å². The first-order valence-electron chi connectivity index (χ1n) is 5.11. The van der Waals surface area contributed by atoms with Crippen LogP contribution in [0, 0.1) is 5.41 Å². The summed E-state index contributed by atoms with van der Waals surface area (Å²) in [6.45, 7) is 5.03. The Kier molecular flexibility index (Phi) is 3.31. The molecule has 0 aliphatic heterocycles. The summed E-state index contributed by atoms with van der Waals surface area (Å²) in [5.41, 5.74) is 6.04. The maximum atomic E-state index is 11.4. The number of amides is 1. The molecule has 0 saturated heterocycles. The Hall–Kier alpha value is -0.570. The first-order valence-corrected chi connectivity index (χ1v) is 5.11. The van der Waals surface area contributed by atoms with E-state index < -0.39 is 0 Å². The molecule has 0 aromatic rings. The van der Waals surface area contributed by atoms with Crippen molar-refractivity contribution in [2.75, 3.05) is 6.54 Å². The fourth-order valence-corrected chi connectivity index (χ4v) is 1.26. The van der Waals surface area contributed by atoms with Gasteiger partial charge in [0, 0.05) is 6.54 Å². The average molecular weight is 184 g/mol. The summed E-state index contributed by atoms with van der Waals surface area (Å²) in [7, 11) is 0. The van der Waals surface area contributed by atoms with Gasteiger partial charge >= 0.3 is 0 Å². The van der Waals surface area contributed by atoms with Gasteiger partial charge in [0.25, 0.3) is 0 Å². The molecule has 0 aromatic heterocycles. The van der Waals surface area contributed by atoms with E-state index in [1.165, 1.54) is 12.8 Å². The number of carbonyl (C=O) groups is 1. The lowest BCUT2D eigenvalue weighted by atomic mass is 10.1. The molecule has 13 heavy (non-hydrogen) atoms. The smallest absolute Gasteiger partial charge is 0.236 e. The maximum absolute atomic E-state index is 11.4. The highest BCUT2D eigenvalue weighted by atomic mass is 16.2. The molecule has 1 unspecified atom stereocenters.